The molecule has 5 fully saturated rings. The predicted octanol–water partition coefficient (Wildman–Crippen LogP) is 4.23. The van der Waals surface area contributed by atoms with Crippen LogP contribution in [0, 0.1) is 6.57 Å². The summed E-state index contributed by atoms with van der Waals surface area (Å²) in [6.45, 7) is 15.6. The number of amides is 3. The van der Waals surface area contributed by atoms with E-state index in [1.807, 2.05) is 24.3 Å². The number of aryl methyl sites for hydroxylation is 2. The van der Waals surface area contributed by atoms with Crippen LogP contribution in [-0.2, 0) is 34.2 Å². The number of piperazine rings is 1. The topological polar surface area (TPSA) is 168 Å². The molecular weight excluding hydrogens is 763 g/mol. The fourth-order valence-electron chi connectivity index (χ4n) is 10.5. The minimum Gasteiger partial charge on any atom is -0.386 e. The summed E-state index contributed by atoms with van der Waals surface area (Å²) in [5, 5.41) is 26.8. The van der Waals surface area contributed by atoms with Gasteiger partial charge in [0.15, 0.2) is 0 Å². The third-order valence-electron chi connectivity index (χ3n) is 13.5. The molecule has 6 aromatic rings. The SMILES string of the molecule is [C-]#[N+]c1cnn2c(C(=O)Nc3cc4cn(C56CC(N7CCN(CCCc8cccc9c8n(C)c(=O)n9C8CCC(=O)NC8=O)CC7)(C5)C6)nc4cc3C(C)(C)O)ccc2c1. The van der Waals surface area contributed by atoms with E-state index in [1.165, 1.54) is 10.7 Å². The fraction of sp³-hybridized carbons (Fsp3) is 0.432. The lowest BCUT2D eigenvalue weighted by Gasteiger charge is -2.74. The number of aromatic nitrogens is 6. The van der Waals surface area contributed by atoms with Crippen LogP contribution in [0.25, 0.3) is 32.3 Å². The van der Waals surface area contributed by atoms with Crippen LogP contribution >= 0.6 is 0 Å². The summed E-state index contributed by atoms with van der Waals surface area (Å²) in [7, 11) is 1.76. The van der Waals surface area contributed by atoms with Crippen molar-refractivity contribution in [1.82, 2.24) is 43.6 Å². The average molecular weight is 810 g/mol. The van der Waals surface area contributed by atoms with E-state index in [4.69, 9.17) is 11.7 Å². The third-order valence-corrected chi connectivity index (χ3v) is 13.5. The summed E-state index contributed by atoms with van der Waals surface area (Å²) in [6, 6.07) is 14.1. The fourth-order valence-corrected chi connectivity index (χ4v) is 10.5. The number of hydrogen-bond donors (Lipinski definition) is 3. The molecule has 2 aromatic carbocycles. The number of para-hydroxylation sites is 1. The number of carbonyl (C=O) groups excluding carboxylic acids is 3. The lowest BCUT2D eigenvalue weighted by Crippen LogP contribution is -2.80. The van der Waals surface area contributed by atoms with E-state index in [1.54, 1.807) is 48.2 Å². The van der Waals surface area contributed by atoms with Gasteiger partial charge in [-0.25, -0.2) is 14.2 Å². The number of anilines is 1. The van der Waals surface area contributed by atoms with Crippen molar-refractivity contribution < 1.29 is 19.5 Å². The number of piperidine rings is 1. The summed E-state index contributed by atoms with van der Waals surface area (Å²) in [6.07, 6.45) is 8.93. The molecule has 2 bridgehead atoms. The Bertz CT molecular complexity index is 2860. The van der Waals surface area contributed by atoms with Gasteiger partial charge < -0.3 is 15.3 Å². The van der Waals surface area contributed by atoms with Crippen LogP contribution in [0.3, 0.4) is 0 Å². The summed E-state index contributed by atoms with van der Waals surface area (Å²) in [5.74, 6) is -1.09. The number of aliphatic hydroxyl groups is 1. The van der Waals surface area contributed by atoms with Gasteiger partial charge in [-0.05, 0) is 101 Å². The first-order valence-corrected chi connectivity index (χ1v) is 20.7. The van der Waals surface area contributed by atoms with Gasteiger partial charge in [-0.2, -0.15) is 10.2 Å². The van der Waals surface area contributed by atoms with Crippen molar-refractivity contribution in [3.05, 3.63) is 99.6 Å². The lowest BCUT2D eigenvalue weighted by atomic mass is 9.43. The molecule has 0 spiro atoms. The van der Waals surface area contributed by atoms with E-state index >= 15 is 0 Å². The van der Waals surface area contributed by atoms with E-state index < -0.39 is 17.6 Å². The predicted molar refractivity (Wildman–Crippen MR) is 224 cm³/mol. The molecule has 60 heavy (non-hydrogen) atoms. The summed E-state index contributed by atoms with van der Waals surface area (Å²) >= 11 is 0. The van der Waals surface area contributed by atoms with Gasteiger partial charge in [-0.15, -0.1) is 0 Å². The molecule has 2 aliphatic heterocycles. The zero-order valence-corrected chi connectivity index (χ0v) is 33.9. The molecule has 4 aromatic heterocycles. The van der Waals surface area contributed by atoms with Gasteiger partial charge in [-0.3, -0.25) is 38.4 Å². The minimum atomic E-state index is -1.24. The molecular formula is C44H47N11O5. The van der Waals surface area contributed by atoms with Gasteiger partial charge in [0.05, 0.1) is 46.0 Å². The van der Waals surface area contributed by atoms with Crippen molar-refractivity contribution in [3.8, 4) is 0 Å². The van der Waals surface area contributed by atoms with Gasteiger partial charge in [0.2, 0.25) is 17.5 Å². The van der Waals surface area contributed by atoms with Crippen LogP contribution in [0.15, 0.2) is 65.7 Å². The highest BCUT2D eigenvalue weighted by molar-refractivity contribution is 6.05. The van der Waals surface area contributed by atoms with Gasteiger partial charge in [0.1, 0.15) is 11.7 Å². The summed E-state index contributed by atoms with van der Waals surface area (Å²) in [4.78, 5) is 60.0. The van der Waals surface area contributed by atoms with Gasteiger partial charge >= 0.3 is 5.69 Å². The van der Waals surface area contributed by atoms with E-state index in [0.29, 0.717) is 34.6 Å². The molecule has 16 nitrogen and oxygen atoms in total. The van der Waals surface area contributed by atoms with Crippen LogP contribution in [-0.4, -0.2) is 99.4 Å². The second kappa shape index (κ2) is 13.7. The Balaban J connectivity index is 0.767. The molecule has 3 amide bonds. The first-order chi connectivity index (χ1) is 28.8. The number of imide groups is 1. The van der Waals surface area contributed by atoms with Gasteiger partial charge in [0.25, 0.3) is 5.91 Å². The van der Waals surface area contributed by atoms with Crippen LogP contribution in [0.1, 0.15) is 80.0 Å². The molecule has 308 valence electrons. The second-order valence-corrected chi connectivity index (χ2v) is 17.8. The number of rotatable bonds is 10. The third kappa shape index (κ3) is 6.05. The number of imidazole rings is 1. The molecule has 5 aliphatic rings. The van der Waals surface area contributed by atoms with Crippen molar-refractivity contribution in [2.75, 3.05) is 38.0 Å². The van der Waals surface area contributed by atoms with Crippen molar-refractivity contribution >= 4 is 56.5 Å². The highest BCUT2D eigenvalue weighted by Gasteiger charge is 2.71. The highest BCUT2D eigenvalue weighted by Crippen LogP contribution is 2.68. The Hall–Kier alpha value is -6.15. The Morgan fingerprint density at radius 3 is 2.57 bits per heavy atom. The Morgan fingerprint density at radius 2 is 1.83 bits per heavy atom. The highest BCUT2D eigenvalue weighted by atomic mass is 16.3. The summed E-state index contributed by atoms with van der Waals surface area (Å²) in [5.41, 5.74) is 4.54. The molecule has 1 unspecified atom stereocenters. The van der Waals surface area contributed by atoms with E-state index in [9.17, 15) is 24.3 Å². The largest absolute Gasteiger partial charge is 0.386 e. The van der Waals surface area contributed by atoms with Gasteiger partial charge in [0, 0.05) is 68.0 Å². The molecule has 16 heteroatoms. The number of benzene rings is 2. The lowest BCUT2D eigenvalue weighted by molar-refractivity contribution is -0.217. The van der Waals surface area contributed by atoms with E-state index in [2.05, 4.69) is 47.3 Å². The van der Waals surface area contributed by atoms with E-state index in [-0.39, 0.29) is 35.0 Å². The van der Waals surface area contributed by atoms with Crippen LogP contribution in [0.5, 0.6) is 0 Å². The maximum atomic E-state index is 13.6. The first kappa shape index (κ1) is 38.1. The monoisotopic (exact) mass is 809 g/mol. The molecule has 11 rings (SSSR count). The van der Waals surface area contributed by atoms with Crippen LogP contribution < -0.4 is 16.3 Å². The van der Waals surface area contributed by atoms with Crippen LogP contribution in [0.4, 0.5) is 11.4 Å². The molecule has 3 saturated carbocycles. The molecule has 1 atom stereocenters. The smallest absolute Gasteiger partial charge is 0.329 e. The molecule has 3 N–H and O–H groups in total. The zero-order valence-electron chi connectivity index (χ0n) is 33.9. The van der Waals surface area contributed by atoms with Gasteiger partial charge in [-0.1, -0.05) is 12.1 Å². The first-order valence-electron chi connectivity index (χ1n) is 20.7. The zero-order chi connectivity index (χ0) is 41.7. The number of hydrogen-bond acceptors (Lipinski definition) is 9. The Labute approximate surface area is 345 Å². The molecule has 6 heterocycles. The molecule has 2 saturated heterocycles. The van der Waals surface area contributed by atoms with Crippen molar-refractivity contribution in [2.45, 2.75) is 81.5 Å². The maximum absolute atomic E-state index is 13.6. The average Bonchev–Trinajstić information content (AvgIpc) is 3.87. The molecule has 0 radical (unpaired) electrons. The summed E-state index contributed by atoms with van der Waals surface area (Å²) < 4.78 is 6.81. The Kier molecular flexibility index (Phi) is 8.69. The van der Waals surface area contributed by atoms with Crippen LogP contribution in [0.2, 0.25) is 0 Å². The second-order valence-electron chi connectivity index (χ2n) is 17.8. The van der Waals surface area contributed by atoms with Crippen molar-refractivity contribution in [1.29, 1.82) is 0 Å². The normalized spacial score (nSPS) is 23.4. The quantitative estimate of drug-likeness (QED) is 0.136. The number of carbonyl (C=O) groups is 3. The standard InChI is InChI=1S/C44H47N11O5/c1-42(2,60)31-21-32-28(19-33(31)47-40(58)36-11-10-30-20-29(45-3)22-46-55(30)36)23-53(49-32)44-24-43(25-44,26-44)52-17-15-51(16-18-52)14-6-8-27-7-5-9-34-38(27)50(4)41(59)54(34)35-12-13-37(56)48-39(35)57/h5,7,9-11,19-23,35,60H,6,8,12-18,24-26H2,1-2,4H3,(H,47,58)(H,48,56,57). The number of nitrogens with one attached hydrogen (secondary N) is 2. The Morgan fingerprint density at radius 1 is 1.05 bits per heavy atom. The van der Waals surface area contributed by atoms with E-state index in [0.717, 1.165) is 92.3 Å². The van der Waals surface area contributed by atoms with Crippen molar-refractivity contribution in [2.24, 2.45) is 7.05 Å². The number of fused-ring (bicyclic) bond motifs is 3. The molecule has 3 aliphatic carbocycles. The number of nitrogens with zero attached hydrogens (tertiary/aromatic N) is 9. The maximum Gasteiger partial charge on any atom is 0.329 e. The minimum absolute atomic E-state index is 0.0343. The van der Waals surface area contributed by atoms with Crippen molar-refractivity contribution in [3.63, 3.8) is 0 Å².